The first-order chi connectivity index (χ1) is 10.3. The molecule has 0 aromatic rings. The normalized spacial score (nSPS) is 17.8. The molecule has 0 aromatic heterocycles. The molecule has 3 amide bonds. The van der Waals surface area contributed by atoms with Crippen molar-refractivity contribution in [1.29, 1.82) is 0 Å². The first-order valence-electron chi connectivity index (χ1n) is 7.82. The van der Waals surface area contributed by atoms with Crippen molar-refractivity contribution < 1.29 is 19.1 Å². The molecule has 1 unspecified atom stereocenters. The van der Waals surface area contributed by atoms with Gasteiger partial charge in [0.25, 0.3) is 0 Å². The number of alkyl carbamates (subject to hydrolysis) is 1. The number of carbonyl (C=O) groups is 3. The van der Waals surface area contributed by atoms with Crippen molar-refractivity contribution >= 4 is 17.9 Å². The summed E-state index contributed by atoms with van der Waals surface area (Å²) in [4.78, 5) is 34.1. The summed E-state index contributed by atoms with van der Waals surface area (Å²) >= 11 is 0. The highest BCUT2D eigenvalue weighted by atomic mass is 16.6. The van der Waals surface area contributed by atoms with Gasteiger partial charge in [-0.1, -0.05) is 0 Å². The largest absolute Gasteiger partial charge is 0.444 e. The van der Waals surface area contributed by atoms with Crippen LogP contribution in [0.25, 0.3) is 0 Å². The Balaban J connectivity index is 1.96. The van der Waals surface area contributed by atoms with E-state index in [0.29, 0.717) is 25.9 Å². The minimum absolute atomic E-state index is 0.0617. The van der Waals surface area contributed by atoms with Gasteiger partial charge in [-0.25, -0.2) is 4.79 Å². The van der Waals surface area contributed by atoms with Crippen LogP contribution < -0.4 is 16.0 Å². The Morgan fingerprint density at radius 1 is 1.18 bits per heavy atom. The molecular weight excluding hydrogens is 286 g/mol. The Bertz CT molecular complexity index is 404. The third-order valence-electron chi connectivity index (χ3n) is 3.13. The van der Waals surface area contributed by atoms with Gasteiger partial charge in [0, 0.05) is 19.5 Å². The number of hydrogen-bond acceptors (Lipinski definition) is 4. The van der Waals surface area contributed by atoms with Gasteiger partial charge in [0.1, 0.15) is 11.6 Å². The van der Waals surface area contributed by atoms with Gasteiger partial charge < -0.3 is 20.7 Å². The quantitative estimate of drug-likeness (QED) is 0.613. The third-order valence-corrected chi connectivity index (χ3v) is 3.13. The van der Waals surface area contributed by atoms with E-state index < -0.39 is 11.7 Å². The molecule has 1 atom stereocenters. The van der Waals surface area contributed by atoms with E-state index >= 15 is 0 Å². The Morgan fingerprint density at radius 2 is 1.82 bits per heavy atom. The number of carbonyl (C=O) groups excluding carboxylic acids is 3. The summed E-state index contributed by atoms with van der Waals surface area (Å²) < 4.78 is 5.12. The van der Waals surface area contributed by atoms with Crippen molar-refractivity contribution in [3.05, 3.63) is 0 Å². The van der Waals surface area contributed by atoms with E-state index in [0.717, 1.165) is 19.3 Å². The van der Waals surface area contributed by atoms with Crippen LogP contribution in [0.4, 0.5) is 4.79 Å². The number of rotatable bonds is 7. The van der Waals surface area contributed by atoms with Gasteiger partial charge in [-0.05, 0) is 46.5 Å². The number of amides is 3. The zero-order chi connectivity index (χ0) is 16.6. The summed E-state index contributed by atoms with van der Waals surface area (Å²) in [6.07, 6.45) is 3.15. The highest BCUT2D eigenvalue weighted by molar-refractivity contribution is 5.90. The summed E-state index contributed by atoms with van der Waals surface area (Å²) in [7, 11) is 0. The van der Waals surface area contributed by atoms with Crippen LogP contribution in [0.1, 0.15) is 52.9 Å². The Kier molecular flexibility index (Phi) is 7.14. The van der Waals surface area contributed by atoms with Crippen molar-refractivity contribution in [2.75, 3.05) is 13.1 Å². The third kappa shape index (κ3) is 7.85. The van der Waals surface area contributed by atoms with E-state index in [1.807, 2.05) is 20.8 Å². The highest BCUT2D eigenvalue weighted by Gasteiger charge is 2.26. The molecule has 7 nitrogen and oxygen atoms in total. The lowest BCUT2D eigenvalue weighted by atomic mass is 10.2. The number of ether oxygens (including phenoxy) is 1. The lowest BCUT2D eigenvalue weighted by Crippen LogP contribution is -2.41. The Morgan fingerprint density at radius 3 is 2.36 bits per heavy atom. The summed E-state index contributed by atoms with van der Waals surface area (Å²) in [6, 6.07) is -0.374. The second-order valence-electron chi connectivity index (χ2n) is 6.44. The molecule has 22 heavy (non-hydrogen) atoms. The van der Waals surface area contributed by atoms with Crippen molar-refractivity contribution in [2.45, 2.75) is 64.5 Å². The zero-order valence-electron chi connectivity index (χ0n) is 13.7. The van der Waals surface area contributed by atoms with Crippen molar-refractivity contribution in [3.63, 3.8) is 0 Å². The molecule has 7 heteroatoms. The van der Waals surface area contributed by atoms with Gasteiger partial charge in [0.05, 0.1) is 0 Å². The molecule has 1 fully saturated rings. The van der Waals surface area contributed by atoms with Crippen LogP contribution in [-0.2, 0) is 14.3 Å². The second-order valence-corrected chi connectivity index (χ2v) is 6.44. The van der Waals surface area contributed by atoms with Crippen LogP contribution in [0.3, 0.4) is 0 Å². The molecule has 1 aliphatic rings. The van der Waals surface area contributed by atoms with Crippen LogP contribution in [0, 0.1) is 0 Å². The number of unbranched alkanes of at least 4 members (excludes halogenated alkanes) is 2. The van der Waals surface area contributed by atoms with Gasteiger partial charge in [-0.15, -0.1) is 0 Å². The molecule has 1 aliphatic heterocycles. The molecule has 0 radical (unpaired) electrons. The summed E-state index contributed by atoms with van der Waals surface area (Å²) in [5.41, 5.74) is -0.482. The number of nitrogens with one attached hydrogen (secondary N) is 3. The van der Waals surface area contributed by atoms with Gasteiger partial charge >= 0.3 is 6.09 Å². The second kappa shape index (κ2) is 8.60. The highest BCUT2D eigenvalue weighted by Crippen LogP contribution is 2.07. The monoisotopic (exact) mass is 313 g/mol. The molecule has 1 saturated heterocycles. The van der Waals surface area contributed by atoms with Gasteiger partial charge in [0.2, 0.25) is 11.8 Å². The molecule has 0 spiro atoms. The molecule has 1 rings (SSSR count). The van der Waals surface area contributed by atoms with Crippen LogP contribution >= 0.6 is 0 Å². The van der Waals surface area contributed by atoms with E-state index in [1.54, 1.807) is 0 Å². The fourth-order valence-electron chi connectivity index (χ4n) is 2.08. The lowest BCUT2D eigenvalue weighted by molar-refractivity contribution is -0.125. The smallest absolute Gasteiger partial charge is 0.407 e. The van der Waals surface area contributed by atoms with Crippen LogP contribution in [-0.4, -0.2) is 42.6 Å². The standard InChI is InChI=1S/C15H27N3O4/c1-15(2,3)22-14(21)17-10-6-4-5-9-16-13(20)11-7-8-12(19)18-11/h11H,4-10H2,1-3H3,(H,16,20)(H,17,21)(H,18,19). The number of hydrogen-bond donors (Lipinski definition) is 3. The first-order valence-corrected chi connectivity index (χ1v) is 7.82. The maximum atomic E-state index is 11.7. The topological polar surface area (TPSA) is 96.5 Å². The molecule has 0 aromatic carbocycles. The van der Waals surface area contributed by atoms with Crippen molar-refractivity contribution in [3.8, 4) is 0 Å². The Hall–Kier alpha value is -1.79. The van der Waals surface area contributed by atoms with E-state index in [-0.39, 0.29) is 17.9 Å². The molecule has 1 heterocycles. The Labute approximate surface area is 131 Å². The molecule has 0 bridgehead atoms. The van der Waals surface area contributed by atoms with Crippen LogP contribution in [0.2, 0.25) is 0 Å². The zero-order valence-corrected chi connectivity index (χ0v) is 13.7. The van der Waals surface area contributed by atoms with Crippen molar-refractivity contribution in [1.82, 2.24) is 16.0 Å². The SMILES string of the molecule is CC(C)(C)OC(=O)NCCCCCNC(=O)C1CCC(=O)N1. The molecular formula is C15H27N3O4. The summed E-state index contributed by atoms with van der Waals surface area (Å²) in [5.74, 6) is -0.175. The fraction of sp³-hybridized carbons (Fsp3) is 0.800. The van der Waals surface area contributed by atoms with Crippen LogP contribution in [0.15, 0.2) is 0 Å². The maximum Gasteiger partial charge on any atom is 0.407 e. The average molecular weight is 313 g/mol. The van der Waals surface area contributed by atoms with Crippen molar-refractivity contribution in [2.24, 2.45) is 0 Å². The molecule has 126 valence electrons. The summed E-state index contributed by atoms with van der Waals surface area (Å²) in [6.45, 7) is 6.60. The molecule has 3 N–H and O–H groups in total. The predicted molar refractivity (Wildman–Crippen MR) is 82.3 cm³/mol. The van der Waals surface area contributed by atoms with Gasteiger partial charge in [-0.2, -0.15) is 0 Å². The minimum atomic E-state index is -0.482. The van der Waals surface area contributed by atoms with Gasteiger partial charge in [0.15, 0.2) is 0 Å². The predicted octanol–water partition coefficient (Wildman–Crippen LogP) is 1.08. The van der Waals surface area contributed by atoms with E-state index in [4.69, 9.17) is 4.74 Å². The van der Waals surface area contributed by atoms with Crippen LogP contribution in [0.5, 0.6) is 0 Å². The van der Waals surface area contributed by atoms with Gasteiger partial charge in [-0.3, -0.25) is 9.59 Å². The average Bonchev–Trinajstić information content (AvgIpc) is 2.82. The minimum Gasteiger partial charge on any atom is -0.444 e. The molecule has 0 aliphatic carbocycles. The first kappa shape index (κ1) is 18.3. The molecule has 0 saturated carbocycles. The maximum absolute atomic E-state index is 11.7. The fourth-order valence-corrected chi connectivity index (χ4v) is 2.08. The van der Waals surface area contributed by atoms with E-state index in [2.05, 4.69) is 16.0 Å². The lowest BCUT2D eigenvalue weighted by Gasteiger charge is -2.19. The van der Waals surface area contributed by atoms with E-state index in [9.17, 15) is 14.4 Å². The van der Waals surface area contributed by atoms with E-state index in [1.165, 1.54) is 0 Å². The summed E-state index contributed by atoms with van der Waals surface area (Å²) in [5, 5.41) is 8.14.